The number of ketones is 1. The standard InChI is InChI=1S/C13H19NO.C11H17NOS/c1-4-5-13(15)11-6-7-12(14-9-11)8-10(2)3;1-4-12-11(13)9-6-10(14-7-9)5-8(2)3/h6-7,9-10H,4-5,8H2,1-3H3;6-8H,4-5H2,1-3H3,(H,12,13). The number of Topliss-reactive ketones (excluding diaryl/α,β-unsaturated/α-hetero) is 1. The molecule has 0 bridgehead atoms. The molecule has 29 heavy (non-hydrogen) atoms. The molecule has 0 aliphatic rings. The fraction of sp³-hybridized carbons (Fsp3) is 0.542. The lowest BCUT2D eigenvalue weighted by molar-refractivity contribution is 0.0954. The topological polar surface area (TPSA) is 59.1 Å². The van der Waals surface area contributed by atoms with Crippen molar-refractivity contribution in [3.63, 3.8) is 0 Å². The minimum absolute atomic E-state index is 0.0405. The van der Waals surface area contributed by atoms with Gasteiger partial charge in [0.05, 0.1) is 5.56 Å². The van der Waals surface area contributed by atoms with Crippen molar-refractivity contribution >= 4 is 23.0 Å². The summed E-state index contributed by atoms with van der Waals surface area (Å²) in [5.74, 6) is 1.49. The van der Waals surface area contributed by atoms with Gasteiger partial charge in [0.1, 0.15) is 0 Å². The maximum atomic E-state index is 11.5. The van der Waals surface area contributed by atoms with Crippen LogP contribution in [0.3, 0.4) is 0 Å². The first-order chi connectivity index (χ1) is 13.8. The summed E-state index contributed by atoms with van der Waals surface area (Å²) in [7, 11) is 0. The van der Waals surface area contributed by atoms with E-state index in [1.807, 2.05) is 37.4 Å². The summed E-state index contributed by atoms with van der Waals surface area (Å²) in [5.41, 5.74) is 2.61. The Balaban J connectivity index is 0.000000291. The van der Waals surface area contributed by atoms with E-state index < -0.39 is 0 Å². The van der Waals surface area contributed by atoms with Gasteiger partial charge in [-0.25, -0.2) is 0 Å². The van der Waals surface area contributed by atoms with Crippen molar-refractivity contribution < 1.29 is 9.59 Å². The number of nitrogens with zero attached hydrogens (tertiary/aromatic N) is 1. The number of hydrogen-bond donors (Lipinski definition) is 1. The Bertz CT molecular complexity index is 748. The van der Waals surface area contributed by atoms with E-state index in [1.54, 1.807) is 17.5 Å². The highest BCUT2D eigenvalue weighted by Gasteiger charge is 2.08. The number of rotatable bonds is 9. The number of carbonyl (C=O) groups is 2. The fourth-order valence-electron chi connectivity index (χ4n) is 2.77. The van der Waals surface area contributed by atoms with E-state index in [9.17, 15) is 9.59 Å². The van der Waals surface area contributed by atoms with Gasteiger partial charge in [-0.3, -0.25) is 14.6 Å². The molecule has 0 radical (unpaired) electrons. The van der Waals surface area contributed by atoms with Crippen LogP contribution in [-0.2, 0) is 12.8 Å². The van der Waals surface area contributed by atoms with Crippen molar-refractivity contribution in [2.45, 2.75) is 67.2 Å². The molecule has 4 nitrogen and oxygen atoms in total. The second-order valence-corrected chi connectivity index (χ2v) is 9.06. The molecule has 0 saturated heterocycles. The first kappa shape index (κ1) is 25.0. The van der Waals surface area contributed by atoms with Gasteiger partial charge in [0, 0.05) is 40.7 Å². The molecule has 5 heteroatoms. The van der Waals surface area contributed by atoms with E-state index in [2.05, 4.69) is 38.0 Å². The average Bonchev–Trinajstić information content (AvgIpc) is 3.11. The summed E-state index contributed by atoms with van der Waals surface area (Å²) in [4.78, 5) is 28.6. The summed E-state index contributed by atoms with van der Waals surface area (Å²) in [6, 6.07) is 5.85. The van der Waals surface area contributed by atoms with Gasteiger partial charge in [-0.1, -0.05) is 34.6 Å². The normalized spacial score (nSPS) is 10.6. The second kappa shape index (κ2) is 13.3. The molecule has 1 amide bonds. The quantitative estimate of drug-likeness (QED) is 0.513. The lowest BCUT2D eigenvalue weighted by atomic mass is 10.1. The molecule has 0 fully saturated rings. The number of aromatic nitrogens is 1. The molecule has 0 spiro atoms. The molecule has 2 rings (SSSR count). The Kier molecular flexibility index (Phi) is 11.4. The third-order valence-electron chi connectivity index (χ3n) is 4.10. The third-order valence-corrected chi connectivity index (χ3v) is 5.06. The second-order valence-electron chi connectivity index (χ2n) is 8.07. The zero-order valence-corrected chi connectivity index (χ0v) is 19.6. The molecule has 0 aliphatic heterocycles. The van der Waals surface area contributed by atoms with Crippen LogP contribution >= 0.6 is 11.3 Å². The maximum Gasteiger partial charge on any atom is 0.252 e. The molecule has 2 aromatic heterocycles. The molecular weight excluding hydrogens is 380 g/mol. The van der Waals surface area contributed by atoms with Gasteiger partial charge in [0.25, 0.3) is 5.91 Å². The van der Waals surface area contributed by atoms with Crippen molar-refractivity contribution in [1.29, 1.82) is 0 Å². The first-order valence-corrected chi connectivity index (χ1v) is 11.5. The molecule has 0 aliphatic carbocycles. The van der Waals surface area contributed by atoms with Crippen molar-refractivity contribution in [3.05, 3.63) is 51.5 Å². The molecule has 2 heterocycles. The highest BCUT2D eigenvalue weighted by molar-refractivity contribution is 7.10. The van der Waals surface area contributed by atoms with Crippen LogP contribution in [0.4, 0.5) is 0 Å². The van der Waals surface area contributed by atoms with Crippen LogP contribution in [0.1, 0.15) is 85.7 Å². The zero-order valence-electron chi connectivity index (χ0n) is 18.7. The van der Waals surface area contributed by atoms with Crippen LogP contribution in [0.5, 0.6) is 0 Å². The van der Waals surface area contributed by atoms with Crippen molar-refractivity contribution in [2.24, 2.45) is 11.8 Å². The number of amides is 1. The minimum atomic E-state index is 0.0405. The Morgan fingerprint density at radius 2 is 1.72 bits per heavy atom. The van der Waals surface area contributed by atoms with E-state index in [4.69, 9.17) is 0 Å². The molecule has 1 N–H and O–H groups in total. The van der Waals surface area contributed by atoms with Gasteiger partial charge < -0.3 is 5.32 Å². The van der Waals surface area contributed by atoms with Crippen LogP contribution in [0, 0.1) is 11.8 Å². The molecule has 160 valence electrons. The van der Waals surface area contributed by atoms with Crippen LogP contribution < -0.4 is 5.32 Å². The van der Waals surface area contributed by atoms with Crippen molar-refractivity contribution in [3.8, 4) is 0 Å². The number of pyridine rings is 1. The molecule has 0 aromatic carbocycles. The van der Waals surface area contributed by atoms with Crippen molar-refractivity contribution in [2.75, 3.05) is 6.54 Å². The van der Waals surface area contributed by atoms with Gasteiger partial charge >= 0.3 is 0 Å². The largest absolute Gasteiger partial charge is 0.352 e. The summed E-state index contributed by atoms with van der Waals surface area (Å²) < 4.78 is 0. The SMILES string of the molecule is CCCC(=O)c1ccc(CC(C)C)nc1.CCNC(=O)c1csc(CC(C)C)c1. The number of carbonyl (C=O) groups excluding carboxylic acids is 2. The Morgan fingerprint density at radius 3 is 2.24 bits per heavy atom. The Hall–Kier alpha value is -2.01. The lowest BCUT2D eigenvalue weighted by Gasteiger charge is -2.04. The van der Waals surface area contributed by atoms with Gasteiger partial charge in [0.2, 0.25) is 0 Å². The molecule has 2 aromatic rings. The van der Waals surface area contributed by atoms with Gasteiger partial charge in [-0.2, -0.15) is 0 Å². The van der Waals surface area contributed by atoms with Gasteiger partial charge in [0.15, 0.2) is 5.78 Å². The summed E-state index contributed by atoms with van der Waals surface area (Å²) in [5, 5.41) is 4.73. The highest BCUT2D eigenvalue weighted by Crippen LogP contribution is 2.18. The fourth-order valence-corrected chi connectivity index (χ4v) is 3.85. The van der Waals surface area contributed by atoms with Crippen LogP contribution in [-0.4, -0.2) is 23.2 Å². The van der Waals surface area contributed by atoms with Crippen molar-refractivity contribution in [1.82, 2.24) is 10.3 Å². The number of hydrogen-bond acceptors (Lipinski definition) is 4. The maximum absolute atomic E-state index is 11.5. The summed E-state index contributed by atoms with van der Waals surface area (Å²) >= 11 is 1.67. The highest BCUT2D eigenvalue weighted by atomic mass is 32.1. The zero-order chi connectivity index (χ0) is 21.8. The van der Waals surface area contributed by atoms with Crippen LogP contribution in [0.15, 0.2) is 29.8 Å². The van der Waals surface area contributed by atoms with E-state index in [1.165, 1.54) is 4.88 Å². The van der Waals surface area contributed by atoms with E-state index >= 15 is 0 Å². The molecule has 0 unspecified atom stereocenters. The average molecular weight is 417 g/mol. The third kappa shape index (κ3) is 9.84. The van der Waals surface area contributed by atoms with E-state index in [0.29, 0.717) is 24.8 Å². The molecule has 0 saturated carbocycles. The summed E-state index contributed by atoms with van der Waals surface area (Å²) in [6.45, 7) is 13.3. The van der Waals surface area contributed by atoms with Crippen LogP contribution in [0.25, 0.3) is 0 Å². The smallest absolute Gasteiger partial charge is 0.252 e. The van der Waals surface area contributed by atoms with E-state index in [-0.39, 0.29) is 11.7 Å². The Labute approximate surface area is 180 Å². The van der Waals surface area contributed by atoms with Gasteiger partial charge in [-0.15, -0.1) is 11.3 Å². The number of thiophene rings is 1. The molecular formula is C24H36N2O2S. The minimum Gasteiger partial charge on any atom is -0.352 e. The van der Waals surface area contributed by atoms with Gasteiger partial charge in [-0.05, 0) is 56.2 Å². The predicted molar refractivity (Wildman–Crippen MR) is 123 cm³/mol. The summed E-state index contributed by atoms with van der Waals surface area (Å²) in [6.07, 6.45) is 5.25. The first-order valence-electron chi connectivity index (χ1n) is 10.6. The van der Waals surface area contributed by atoms with E-state index in [0.717, 1.165) is 36.1 Å². The Morgan fingerprint density at radius 1 is 1.03 bits per heavy atom. The number of nitrogens with one attached hydrogen (secondary N) is 1. The lowest BCUT2D eigenvalue weighted by Crippen LogP contribution is -2.21. The van der Waals surface area contributed by atoms with Crippen LogP contribution in [0.2, 0.25) is 0 Å². The predicted octanol–water partition coefficient (Wildman–Crippen LogP) is 5.96. The monoisotopic (exact) mass is 416 g/mol. The molecule has 0 atom stereocenters.